The van der Waals surface area contributed by atoms with Crippen molar-refractivity contribution in [3.8, 4) is 10.4 Å². The summed E-state index contributed by atoms with van der Waals surface area (Å²) in [6.45, 7) is 3.17. The molecule has 1 fully saturated rings. The molecule has 0 bridgehead atoms. The van der Waals surface area contributed by atoms with Crippen molar-refractivity contribution in [2.75, 3.05) is 33.4 Å². The van der Waals surface area contributed by atoms with Crippen LogP contribution in [-0.4, -0.2) is 39.3 Å². The average Bonchev–Trinajstić information content (AvgIpc) is 3.12. The van der Waals surface area contributed by atoms with Gasteiger partial charge in [0, 0.05) is 23.9 Å². The van der Waals surface area contributed by atoms with Gasteiger partial charge in [0.05, 0.1) is 11.5 Å². The second-order valence-electron chi connectivity index (χ2n) is 6.54. The van der Waals surface area contributed by atoms with Crippen LogP contribution >= 0.6 is 23.7 Å². The number of benzene rings is 1. The lowest BCUT2D eigenvalue weighted by molar-refractivity contribution is 0.0512. The molecule has 7 heteroatoms. The summed E-state index contributed by atoms with van der Waals surface area (Å²) < 4.78 is 18.4. The molecular formula is C19H24ClFN2O2S. The number of amides is 1. The number of carbonyl (C=O) groups is 1. The summed E-state index contributed by atoms with van der Waals surface area (Å²) in [5, 5.41) is 6.42. The Bertz CT molecular complexity index is 709. The first kappa shape index (κ1) is 20.8. The minimum Gasteiger partial charge on any atom is -0.384 e. The first-order valence-electron chi connectivity index (χ1n) is 8.46. The number of carbonyl (C=O) groups excluding carboxylic acids is 1. The van der Waals surface area contributed by atoms with Gasteiger partial charge >= 0.3 is 0 Å². The van der Waals surface area contributed by atoms with Gasteiger partial charge in [-0.15, -0.1) is 23.7 Å². The molecule has 1 amide bonds. The number of rotatable bonds is 6. The Labute approximate surface area is 163 Å². The Kier molecular flexibility index (Phi) is 7.58. The highest BCUT2D eigenvalue weighted by Crippen LogP contribution is 2.30. The standard InChI is InChI=1S/C19H23FN2O2S.ClH/c1-24-13-19(8-10-21-11-9-19)12-22-18(23)17-7-6-16(25-17)14-2-4-15(20)5-3-14;/h2-7,21H,8-13H2,1H3,(H,22,23);1H. The third kappa shape index (κ3) is 5.04. The molecule has 1 saturated heterocycles. The van der Waals surface area contributed by atoms with E-state index in [4.69, 9.17) is 4.74 Å². The van der Waals surface area contributed by atoms with Crippen LogP contribution in [0.5, 0.6) is 0 Å². The predicted molar refractivity (Wildman–Crippen MR) is 106 cm³/mol. The Hall–Kier alpha value is -1.47. The fourth-order valence-corrected chi connectivity index (χ4v) is 4.15. The van der Waals surface area contributed by atoms with Crippen LogP contribution < -0.4 is 10.6 Å². The molecule has 3 rings (SSSR count). The van der Waals surface area contributed by atoms with Crippen molar-refractivity contribution in [2.45, 2.75) is 12.8 Å². The van der Waals surface area contributed by atoms with Crippen molar-refractivity contribution in [2.24, 2.45) is 5.41 Å². The molecule has 4 nitrogen and oxygen atoms in total. The topological polar surface area (TPSA) is 50.4 Å². The van der Waals surface area contributed by atoms with Crippen LogP contribution in [0.4, 0.5) is 4.39 Å². The van der Waals surface area contributed by atoms with E-state index >= 15 is 0 Å². The van der Waals surface area contributed by atoms with Gasteiger partial charge in [-0.2, -0.15) is 0 Å². The molecule has 2 N–H and O–H groups in total. The zero-order valence-corrected chi connectivity index (χ0v) is 16.4. The summed E-state index contributed by atoms with van der Waals surface area (Å²) in [6.07, 6.45) is 1.98. The Morgan fingerprint density at radius 1 is 1.23 bits per heavy atom. The van der Waals surface area contributed by atoms with Gasteiger partial charge in [0.1, 0.15) is 5.82 Å². The molecule has 0 atom stereocenters. The van der Waals surface area contributed by atoms with E-state index < -0.39 is 0 Å². The van der Waals surface area contributed by atoms with Crippen LogP contribution in [0.25, 0.3) is 10.4 Å². The fourth-order valence-electron chi connectivity index (χ4n) is 3.22. The highest BCUT2D eigenvalue weighted by atomic mass is 35.5. The van der Waals surface area contributed by atoms with Crippen molar-refractivity contribution in [1.29, 1.82) is 0 Å². The summed E-state index contributed by atoms with van der Waals surface area (Å²) in [6, 6.07) is 10.0. The first-order valence-corrected chi connectivity index (χ1v) is 9.27. The van der Waals surface area contributed by atoms with Gasteiger partial charge in [-0.05, 0) is 55.8 Å². The van der Waals surface area contributed by atoms with Gasteiger partial charge in [-0.1, -0.05) is 12.1 Å². The van der Waals surface area contributed by atoms with Crippen LogP contribution in [0, 0.1) is 11.2 Å². The number of hydrogen-bond donors (Lipinski definition) is 2. The smallest absolute Gasteiger partial charge is 0.261 e. The lowest BCUT2D eigenvalue weighted by Gasteiger charge is -2.37. The molecule has 0 saturated carbocycles. The van der Waals surface area contributed by atoms with Gasteiger partial charge < -0.3 is 15.4 Å². The van der Waals surface area contributed by atoms with E-state index in [-0.39, 0.29) is 29.5 Å². The summed E-state index contributed by atoms with van der Waals surface area (Å²) in [4.78, 5) is 14.1. The zero-order valence-electron chi connectivity index (χ0n) is 14.7. The number of halogens is 2. The van der Waals surface area contributed by atoms with E-state index in [1.807, 2.05) is 12.1 Å². The summed E-state index contributed by atoms with van der Waals surface area (Å²) in [7, 11) is 1.71. The fraction of sp³-hybridized carbons (Fsp3) is 0.421. The number of hydrogen-bond acceptors (Lipinski definition) is 4. The van der Waals surface area contributed by atoms with Gasteiger partial charge in [-0.25, -0.2) is 4.39 Å². The van der Waals surface area contributed by atoms with Crippen molar-refractivity contribution < 1.29 is 13.9 Å². The number of methoxy groups -OCH3 is 1. The molecule has 0 radical (unpaired) electrons. The minimum atomic E-state index is -0.260. The highest BCUT2D eigenvalue weighted by Gasteiger charge is 2.32. The van der Waals surface area contributed by atoms with Crippen LogP contribution in [0.2, 0.25) is 0 Å². The molecule has 1 aromatic heterocycles. The normalized spacial score (nSPS) is 15.9. The molecule has 0 spiro atoms. The largest absolute Gasteiger partial charge is 0.384 e. The van der Waals surface area contributed by atoms with Gasteiger partial charge in [-0.3, -0.25) is 4.79 Å². The van der Waals surface area contributed by atoms with E-state index in [2.05, 4.69) is 10.6 Å². The summed E-state index contributed by atoms with van der Waals surface area (Å²) in [5.41, 5.74) is 0.923. The third-order valence-electron chi connectivity index (χ3n) is 4.70. The third-order valence-corrected chi connectivity index (χ3v) is 5.83. The van der Waals surface area contributed by atoms with E-state index in [0.29, 0.717) is 18.0 Å². The Morgan fingerprint density at radius 2 is 1.92 bits per heavy atom. The maximum absolute atomic E-state index is 13.0. The summed E-state index contributed by atoms with van der Waals surface area (Å²) in [5.74, 6) is -0.323. The van der Waals surface area contributed by atoms with Gasteiger partial charge in [0.25, 0.3) is 5.91 Å². The molecular weight excluding hydrogens is 375 g/mol. The second-order valence-corrected chi connectivity index (χ2v) is 7.62. The van der Waals surface area contributed by atoms with Crippen LogP contribution in [0.15, 0.2) is 36.4 Å². The van der Waals surface area contributed by atoms with Crippen LogP contribution in [-0.2, 0) is 4.74 Å². The molecule has 142 valence electrons. The predicted octanol–water partition coefficient (Wildman–Crippen LogP) is 3.72. The van der Waals surface area contributed by atoms with Gasteiger partial charge in [0.15, 0.2) is 0 Å². The SMILES string of the molecule is COCC1(CNC(=O)c2ccc(-c3ccc(F)cc3)s2)CCNCC1.Cl. The molecule has 0 unspecified atom stereocenters. The lowest BCUT2D eigenvalue weighted by Crippen LogP contribution is -2.47. The highest BCUT2D eigenvalue weighted by molar-refractivity contribution is 7.17. The van der Waals surface area contributed by atoms with Crippen LogP contribution in [0.1, 0.15) is 22.5 Å². The maximum Gasteiger partial charge on any atom is 0.261 e. The number of nitrogens with one attached hydrogen (secondary N) is 2. The average molecular weight is 399 g/mol. The molecule has 2 heterocycles. The number of thiophene rings is 1. The van der Waals surface area contributed by atoms with Gasteiger partial charge in [0.2, 0.25) is 0 Å². The first-order chi connectivity index (χ1) is 12.1. The van der Waals surface area contributed by atoms with E-state index in [1.54, 1.807) is 19.2 Å². The van der Waals surface area contributed by atoms with Crippen molar-refractivity contribution in [3.05, 3.63) is 47.1 Å². The van der Waals surface area contributed by atoms with Crippen LogP contribution in [0.3, 0.4) is 0 Å². The molecule has 0 aliphatic carbocycles. The van der Waals surface area contributed by atoms with Crippen molar-refractivity contribution >= 4 is 29.7 Å². The number of piperidine rings is 1. The maximum atomic E-state index is 13.0. The Morgan fingerprint density at radius 3 is 2.58 bits per heavy atom. The molecule has 1 aromatic carbocycles. The zero-order chi connectivity index (χ0) is 17.7. The minimum absolute atomic E-state index is 0. The molecule has 1 aliphatic rings. The van der Waals surface area contributed by atoms with E-state index in [0.717, 1.165) is 36.4 Å². The number of ether oxygens (including phenoxy) is 1. The summed E-state index contributed by atoms with van der Waals surface area (Å²) >= 11 is 1.42. The van der Waals surface area contributed by atoms with E-state index in [1.165, 1.54) is 23.5 Å². The Balaban J connectivity index is 0.00000243. The molecule has 26 heavy (non-hydrogen) atoms. The quantitative estimate of drug-likeness (QED) is 0.779. The molecule has 2 aromatic rings. The monoisotopic (exact) mass is 398 g/mol. The van der Waals surface area contributed by atoms with E-state index in [9.17, 15) is 9.18 Å². The van der Waals surface area contributed by atoms with Crippen molar-refractivity contribution in [1.82, 2.24) is 10.6 Å². The molecule has 1 aliphatic heterocycles. The van der Waals surface area contributed by atoms with Crippen molar-refractivity contribution in [3.63, 3.8) is 0 Å². The lowest BCUT2D eigenvalue weighted by atomic mass is 9.79. The second kappa shape index (κ2) is 9.46.